The van der Waals surface area contributed by atoms with E-state index in [-0.39, 0.29) is 17.7 Å². The molecule has 2 aliphatic rings. The molecule has 2 aromatic heterocycles. The van der Waals surface area contributed by atoms with Crippen molar-refractivity contribution in [3.8, 4) is 5.75 Å². The molecule has 1 aromatic carbocycles. The molecule has 1 saturated carbocycles. The van der Waals surface area contributed by atoms with Gasteiger partial charge in [0, 0.05) is 48.9 Å². The quantitative estimate of drug-likeness (QED) is 0.523. The summed E-state index contributed by atoms with van der Waals surface area (Å²) >= 11 is 0. The van der Waals surface area contributed by atoms with Gasteiger partial charge < -0.3 is 20.3 Å². The third-order valence-corrected chi connectivity index (χ3v) is 7.23. The van der Waals surface area contributed by atoms with Crippen molar-refractivity contribution in [1.82, 2.24) is 20.6 Å². The number of rotatable bonds is 6. The van der Waals surface area contributed by atoms with Crippen molar-refractivity contribution in [3.63, 3.8) is 0 Å². The van der Waals surface area contributed by atoms with Crippen molar-refractivity contribution < 1.29 is 13.9 Å². The summed E-state index contributed by atoms with van der Waals surface area (Å²) in [5, 5.41) is 7.64. The fraction of sp³-hybridized carbons (Fsp3) is 0.464. The molecule has 1 aliphatic carbocycles. The molecule has 2 fully saturated rings. The Labute approximate surface area is 211 Å². The van der Waals surface area contributed by atoms with E-state index in [1.165, 1.54) is 13.2 Å². The number of fused-ring (bicyclic) bond motifs is 1. The third kappa shape index (κ3) is 4.87. The number of nitrogens with one attached hydrogen (secondary N) is 2. The molecule has 1 aliphatic heterocycles. The largest absolute Gasteiger partial charge is 0.494 e. The molecule has 3 aromatic rings. The SMILES string of the molecule is COc1cc([C@H](C)NC(=O)c2cnc3c(C4CC4)nc(C)cc3c2N2CCN[C@@H](C)CC2)ccc1F. The minimum atomic E-state index is -0.430. The molecule has 190 valence electrons. The van der Waals surface area contributed by atoms with Crippen LogP contribution in [-0.2, 0) is 0 Å². The topological polar surface area (TPSA) is 79.4 Å². The number of ether oxygens (including phenoxy) is 1. The number of halogens is 1. The number of methoxy groups -OCH3 is 1. The van der Waals surface area contributed by atoms with E-state index >= 15 is 0 Å². The van der Waals surface area contributed by atoms with Crippen LogP contribution in [0.25, 0.3) is 10.9 Å². The zero-order valence-electron chi connectivity index (χ0n) is 21.4. The maximum absolute atomic E-state index is 13.9. The first kappa shape index (κ1) is 24.4. The summed E-state index contributed by atoms with van der Waals surface area (Å²) in [4.78, 5) is 25.6. The second kappa shape index (κ2) is 10.0. The van der Waals surface area contributed by atoms with E-state index in [1.54, 1.807) is 18.3 Å². The van der Waals surface area contributed by atoms with Gasteiger partial charge in [0.2, 0.25) is 0 Å². The fourth-order valence-electron chi connectivity index (χ4n) is 5.03. The molecule has 1 amide bonds. The lowest BCUT2D eigenvalue weighted by Crippen LogP contribution is -2.33. The van der Waals surface area contributed by atoms with Crippen LogP contribution in [0.4, 0.5) is 10.1 Å². The van der Waals surface area contributed by atoms with Crippen LogP contribution in [0.5, 0.6) is 5.75 Å². The Balaban J connectivity index is 1.55. The molecule has 3 heterocycles. The summed E-state index contributed by atoms with van der Waals surface area (Å²) in [6.45, 7) is 8.58. The molecule has 0 spiro atoms. The number of amides is 1. The molecule has 0 radical (unpaired) electrons. The summed E-state index contributed by atoms with van der Waals surface area (Å²) in [6.07, 6.45) is 4.95. The van der Waals surface area contributed by atoms with E-state index in [0.717, 1.165) is 72.4 Å². The monoisotopic (exact) mass is 491 g/mol. The number of hydrogen-bond donors (Lipinski definition) is 2. The number of nitrogens with zero attached hydrogens (tertiary/aromatic N) is 3. The zero-order valence-corrected chi connectivity index (χ0v) is 21.4. The smallest absolute Gasteiger partial charge is 0.255 e. The van der Waals surface area contributed by atoms with Gasteiger partial charge in [-0.1, -0.05) is 6.07 Å². The van der Waals surface area contributed by atoms with Gasteiger partial charge in [-0.25, -0.2) is 4.39 Å². The van der Waals surface area contributed by atoms with Crippen LogP contribution in [0.1, 0.15) is 72.4 Å². The maximum Gasteiger partial charge on any atom is 0.255 e. The number of pyridine rings is 2. The van der Waals surface area contributed by atoms with Crippen LogP contribution in [0.2, 0.25) is 0 Å². The van der Waals surface area contributed by atoms with Crippen molar-refractivity contribution in [2.75, 3.05) is 31.6 Å². The van der Waals surface area contributed by atoms with Gasteiger partial charge in [0.15, 0.2) is 11.6 Å². The normalized spacial score (nSPS) is 19.1. The molecule has 2 atom stereocenters. The van der Waals surface area contributed by atoms with Crippen molar-refractivity contribution in [2.24, 2.45) is 0 Å². The van der Waals surface area contributed by atoms with Gasteiger partial charge in [0.1, 0.15) is 0 Å². The Morgan fingerprint density at radius 2 is 2.06 bits per heavy atom. The molecular formula is C28H34FN5O2. The van der Waals surface area contributed by atoms with E-state index in [1.807, 2.05) is 13.8 Å². The Bertz CT molecular complexity index is 1290. The molecule has 7 nitrogen and oxygen atoms in total. The number of aryl methyl sites for hydroxylation is 1. The predicted molar refractivity (Wildman–Crippen MR) is 139 cm³/mol. The first-order valence-corrected chi connectivity index (χ1v) is 12.8. The lowest BCUT2D eigenvalue weighted by atomic mass is 10.0. The number of aromatic nitrogens is 2. The molecule has 36 heavy (non-hydrogen) atoms. The van der Waals surface area contributed by atoms with Crippen LogP contribution in [0, 0.1) is 12.7 Å². The standard InChI is InChI=1S/C28H34FN5O2/c1-16-9-11-34(12-10-30-16)27-21-13-17(2)32-25(19-5-6-19)26(21)31-15-22(27)28(35)33-18(3)20-7-8-23(29)24(14-20)36-4/h7-8,13-16,18-19,30H,5-6,9-12H2,1-4H3,(H,33,35)/t16-,18-/m0/s1. The fourth-order valence-corrected chi connectivity index (χ4v) is 5.03. The number of anilines is 1. The summed E-state index contributed by atoms with van der Waals surface area (Å²) < 4.78 is 19.0. The van der Waals surface area contributed by atoms with Gasteiger partial charge >= 0.3 is 0 Å². The predicted octanol–water partition coefficient (Wildman–Crippen LogP) is 4.64. The Morgan fingerprint density at radius 1 is 1.25 bits per heavy atom. The summed E-state index contributed by atoms with van der Waals surface area (Å²) in [6, 6.07) is 6.79. The average molecular weight is 492 g/mol. The van der Waals surface area contributed by atoms with E-state index in [0.29, 0.717) is 17.5 Å². The lowest BCUT2D eigenvalue weighted by molar-refractivity contribution is 0.0940. The molecule has 5 rings (SSSR count). The highest BCUT2D eigenvalue weighted by Crippen LogP contribution is 2.43. The van der Waals surface area contributed by atoms with E-state index < -0.39 is 5.82 Å². The van der Waals surface area contributed by atoms with Crippen LogP contribution >= 0.6 is 0 Å². The molecule has 8 heteroatoms. The van der Waals surface area contributed by atoms with Gasteiger partial charge in [-0.15, -0.1) is 0 Å². The zero-order chi connectivity index (χ0) is 25.4. The van der Waals surface area contributed by atoms with E-state index in [9.17, 15) is 9.18 Å². The van der Waals surface area contributed by atoms with Crippen molar-refractivity contribution in [2.45, 2.75) is 58.0 Å². The van der Waals surface area contributed by atoms with Crippen LogP contribution in [-0.4, -0.2) is 48.7 Å². The van der Waals surface area contributed by atoms with Gasteiger partial charge in [0.05, 0.1) is 35.6 Å². The Kier molecular flexibility index (Phi) is 6.79. The Hall–Kier alpha value is -3.26. The summed E-state index contributed by atoms with van der Waals surface area (Å²) in [7, 11) is 1.43. The number of benzene rings is 1. The van der Waals surface area contributed by atoms with Gasteiger partial charge in [-0.3, -0.25) is 14.8 Å². The first-order chi connectivity index (χ1) is 17.4. The number of hydrogen-bond acceptors (Lipinski definition) is 6. The lowest BCUT2D eigenvalue weighted by Gasteiger charge is -2.27. The minimum Gasteiger partial charge on any atom is -0.494 e. The van der Waals surface area contributed by atoms with E-state index in [4.69, 9.17) is 14.7 Å². The molecule has 0 bridgehead atoms. The molecular weight excluding hydrogens is 457 g/mol. The van der Waals surface area contributed by atoms with Crippen molar-refractivity contribution in [3.05, 3.63) is 58.8 Å². The second-order valence-electron chi connectivity index (χ2n) is 10.1. The van der Waals surface area contributed by atoms with Gasteiger partial charge in [-0.2, -0.15) is 0 Å². The van der Waals surface area contributed by atoms with Gasteiger partial charge in [-0.05, 0) is 63.8 Å². The molecule has 0 unspecified atom stereocenters. The van der Waals surface area contributed by atoms with Crippen LogP contribution in [0.3, 0.4) is 0 Å². The number of carbonyl (C=O) groups excluding carboxylic acids is 1. The highest BCUT2D eigenvalue weighted by atomic mass is 19.1. The first-order valence-electron chi connectivity index (χ1n) is 12.8. The minimum absolute atomic E-state index is 0.156. The second-order valence-corrected chi connectivity index (χ2v) is 10.1. The third-order valence-electron chi connectivity index (χ3n) is 7.23. The highest BCUT2D eigenvalue weighted by Gasteiger charge is 2.31. The average Bonchev–Trinajstić information content (AvgIpc) is 3.71. The van der Waals surface area contributed by atoms with Crippen LogP contribution < -0.4 is 20.3 Å². The maximum atomic E-state index is 13.9. The summed E-state index contributed by atoms with van der Waals surface area (Å²) in [5.74, 6) is -0.0294. The van der Waals surface area contributed by atoms with Crippen LogP contribution in [0.15, 0.2) is 30.5 Å². The van der Waals surface area contributed by atoms with Crippen molar-refractivity contribution >= 4 is 22.5 Å². The summed E-state index contributed by atoms with van der Waals surface area (Å²) in [5.41, 5.74) is 5.12. The molecule has 1 saturated heterocycles. The van der Waals surface area contributed by atoms with Crippen molar-refractivity contribution in [1.29, 1.82) is 0 Å². The van der Waals surface area contributed by atoms with E-state index in [2.05, 4.69) is 28.5 Å². The van der Waals surface area contributed by atoms with Gasteiger partial charge in [0.25, 0.3) is 5.91 Å². The number of carbonyl (C=O) groups is 1. The highest BCUT2D eigenvalue weighted by molar-refractivity contribution is 6.08. The Morgan fingerprint density at radius 3 is 2.81 bits per heavy atom. The molecule has 2 N–H and O–H groups in total.